The van der Waals surface area contributed by atoms with Gasteiger partial charge in [-0.05, 0) is 119 Å². The first-order chi connectivity index (χ1) is 26.5. The number of piperidine rings is 2. The Morgan fingerprint density at radius 2 is 1.67 bits per heavy atom. The molecule has 55 heavy (non-hydrogen) atoms. The molecule has 4 aliphatic rings. The van der Waals surface area contributed by atoms with Gasteiger partial charge in [-0.2, -0.15) is 13.2 Å². The molecule has 2 amide bonds. The molecule has 1 aromatic heterocycles. The number of amides is 2. The Morgan fingerprint density at radius 1 is 0.927 bits per heavy atom. The normalized spacial score (nSPS) is 21.1. The van der Waals surface area contributed by atoms with Crippen molar-refractivity contribution in [2.45, 2.75) is 95.9 Å². The maximum absolute atomic E-state index is 15.1. The number of nitrogens with one attached hydrogen (secondary N) is 1. The van der Waals surface area contributed by atoms with Gasteiger partial charge in [0.1, 0.15) is 0 Å². The van der Waals surface area contributed by atoms with Crippen molar-refractivity contribution in [3.8, 4) is 11.3 Å². The van der Waals surface area contributed by atoms with Crippen molar-refractivity contribution in [3.63, 3.8) is 0 Å². The molecule has 1 N–H and O–H groups in total. The highest BCUT2D eigenvalue weighted by molar-refractivity contribution is 6.11. The minimum Gasteiger partial charge on any atom is -0.342 e. The highest BCUT2D eigenvalue weighted by Crippen LogP contribution is 2.46. The van der Waals surface area contributed by atoms with E-state index in [1.807, 2.05) is 53.4 Å². The molecule has 0 radical (unpaired) electrons. The second kappa shape index (κ2) is 15.3. The lowest BCUT2D eigenvalue weighted by molar-refractivity contribution is -0.137. The summed E-state index contributed by atoms with van der Waals surface area (Å²) in [5, 5.41) is 4.01. The third-order valence-corrected chi connectivity index (χ3v) is 12.4. The van der Waals surface area contributed by atoms with Crippen molar-refractivity contribution in [2.24, 2.45) is 11.8 Å². The summed E-state index contributed by atoms with van der Waals surface area (Å²) in [5.74, 6) is 0.497. The monoisotopic (exact) mass is 751 g/mol. The van der Waals surface area contributed by atoms with Gasteiger partial charge < -0.3 is 15.1 Å². The molecule has 1 atom stereocenters. The van der Waals surface area contributed by atoms with Crippen LogP contribution in [0.25, 0.3) is 22.2 Å². The van der Waals surface area contributed by atoms with Crippen molar-refractivity contribution in [1.29, 1.82) is 0 Å². The van der Waals surface area contributed by atoms with Gasteiger partial charge in [0.25, 0.3) is 5.91 Å². The second-order valence-electron chi connectivity index (χ2n) is 16.8. The summed E-state index contributed by atoms with van der Waals surface area (Å²) in [4.78, 5) is 40.4. The molecule has 1 saturated carbocycles. The van der Waals surface area contributed by atoms with Crippen LogP contribution in [0.3, 0.4) is 0 Å². The fourth-order valence-corrected chi connectivity index (χ4v) is 9.41. The average Bonchev–Trinajstić information content (AvgIpc) is 3.88. The van der Waals surface area contributed by atoms with E-state index in [1.165, 1.54) is 25.3 Å². The molecule has 0 spiro atoms. The van der Waals surface area contributed by atoms with Gasteiger partial charge in [0, 0.05) is 47.8 Å². The van der Waals surface area contributed by atoms with Crippen LogP contribution in [0.2, 0.25) is 0 Å². The molecule has 10 heteroatoms. The van der Waals surface area contributed by atoms with Crippen molar-refractivity contribution >= 4 is 28.4 Å². The highest BCUT2D eigenvalue weighted by Gasteiger charge is 2.46. The van der Waals surface area contributed by atoms with Gasteiger partial charge >= 0.3 is 6.18 Å². The molecule has 290 valence electrons. The molecule has 4 heterocycles. The predicted molar refractivity (Wildman–Crippen MR) is 211 cm³/mol. The molecule has 3 saturated heterocycles. The number of rotatable bonds is 10. The molecule has 1 unspecified atom stereocenters. The number of nitrogens with zero attached hydrogens (tertiary/aromatic N) is 4. The number of likely N-dealkylation sites (tertiary alicyclic amines) is 2. The van der Waals surface area contributed by atoms with Crippen LogP contribution in [-0.2, 0) is 23.1 Å². The average molecular weight is 752 g/mol. The Balaban J connectivity index is 1.25. The lowest BCUT2D eigenvalue weighted by Gasteiger charge is -2.40. The van der Waals surface area contributed by atoms with Crippen LogP contribution in [0.15, 0.2) is 72.8 Å². The third-order valence-electron chi connectivity index (χ3n) is 12.4. The van der Waals surface area contributed by atoms with Gasteiger partial charge in [0.2, 0.25) is 5.91 Å². The van der Waals surface area contributed by atoms with Crippen molar-refractivity contribution in [1.82, 2.24) is 20.1 Å². The van der Waals surface area contributed by atoms with E-state index in [9.17, 15) is 18.0 Å². The van der Waals surface area contributed by atoms with Crippen LogP contribution in [-0.4, -0.2) is 65.4 Å². The smallest absolute Gasteiger partial charge is 0.342 e. The summed E-state index contributed by atoms with van der Waals surface area (Å²) in [6, 6.07) is 21.4. The zero-order valence-corrected chi connectivity index (χ0v) is 32.0. The number of alkyl halides is 3. The number of aromatic nitrogens is 1. The summed E-state index contributed by atoms with van der Waals surface area (Å²) in [5.41, 5.74) is 2.70. The van der Waals surface area contributed by atoms with Crippen LogP contribution < -0.4 is 10.2 Å². The highest BCUT2D eigenvalue weighted by atomic mass is 19.4. The number of fused-ring (bicyclic) bond motifs is 1. The molecule has 8 rings (SSSR count). The Kier molecular flexibility index (Phi) is 10.5. The summed E-state index contributed by atoms with van der Waals surface area (Å²) in [6.45, 7) is 9.20. The van der Waals surface area contributed by atoms with Crippen LogP contribution >= 0.6 is 0 Å². The fraction of sp³-hybridized carbons (Fsp3) is 0.489. The Bertz CT molecular complexity index is 2030. The number of carbonyl (C=O) groups excluding carboxylic acids is 2. The number of hydrogen-bond acceptors (Lipinski definition) is 5. The summed E-state index contributed by atoms with van der Waals surface area (Å²) in [6.07, 6.45) is 4.21. The summed E-state index contributed by atoms with van der Waals surface area (Å²) < 4.78 is 42.5. The number of carbonyl (C=O) groups is 2. The lowest BCUT2D eigenvalue weighted by atomic mass is 9.92. The number of anilines is 1. The van der Waals surface area contributed by atoms with Crippen LogP contribution in [0.5, 0.6) is 0 Å². The molecule has 7 nitrogen and oxygen atoms in total. The number of pyridine rings is 1. The molecule has 3 aliphatic heterocycles. The zero-order valence-electron chi connectivity index (χ0n) is 32.0. The van der Waals surface area contributed by atoms with E-state index in [2.05, 4.69) is 29.0 Å². The fourth-order valence-electron chi connectivity index (χ4n) is 9.41. The van der Waals surface area contributed by atoms with Gasteiger partial charge in [0.05, 0.1) is 27.9 Å². The van der Waals surface area contributed by atoms with Gasteiger partial charge in [0.15, 0.2) is 0 Å². The van der Waals surface area contributed by atoms with E-state index in [-0.39, 0.29) is 17.7 Å². The van der Waals surface area contributed by atoms with E-state index in [0.717, 1.165) is 76.0 Å². The third kappa shape index (κ3) is 8.03. The summed E-state index contributed by atoms with van der Waals surface area (Å²) >= 11 is 0. The topological polar surface area (TPSA) is 68.8 Å². The van der Waals surface area contributed by atoms with E-state index in [4.69, 9.17) is 4.98 Å². The van der Waals surface area contributed by atoms with E-state index < -0.39 is 17.3 Å². The van der Waals surface area contributed by atoms with Crippen molar-refractivity contribution in [3.05, 3.63) is 95.1 Å². The minimum absolute atomic E-state index is 0.0577. The zero-order chi connectivity index (χ0) is 38.3. The number of hydrogen-bond donors (Lipinski definition) is 1. The summed E-state index contributed by atoms with van der Waals surface area (Å²) in [7, 11) is 0. The molecule has 4 aromatic rings. The predicted octanol–water partition coefficient (Wildman–Crippen LogP) is 9.19. The molecule has 1 aliphatic carbocycles. The van der Waals surface area contributed by atoms with Crippen LogP contribution in [0.4, 0.5) is 18.9 Å². The first-order valence-electron chi connectivity index (χ1n) is 20.3. The van der Waals surface area contributed by atoms with Gasteiger partial charge in [-0.25, -0.2) is 4.98 Å². The van der Waals surface area contributed by atoms with E-state index in [1.54, 1.807) is 6.07 Å². The quantitative estimate of drug-likeness (QED) is 0.175. The van der Waals surface area contributed by atoms with Crippen molar-refractivity contribution < 1.29 is 22.8 Å². The molecular weight excluding hydrogens is 700 g/mol. The van der Waals surface area contributed by atoms with E-state index >= 15 is 4.79 Å². The molecule has 3 aromatic carbocycles. The van der Waals surface area contributed by atoms with Gasteiger partial charge in [-0.15, -0.1) is 0 Å². The number of halogens is 3. The molecule has 4 fully saturated rings. The molecular formula is C45H52F3N5O2. The Morgan fingerprint density at radius 3 is 2.36 bits per heavy atom. The van der Waals surface area contributed by atoms with E-state index in [0.29, 0.717) is 70.4 Å². The van der Waals surface area contributed by atoms with Crippen LogP contribution in [0, 0.1) is 11.8 Å². The second-order valence-corrected chi connectivity index (χ2v) is 16.8. The molecule has 0 bridgehead atoms. The Hall–Kier alpha value is -4.28. The standard InChI is InChI=1S/C45H52F3N5O2/c1-30(2)24-31-25-40(54)53(28-31)36-14-15-39-37(27-36)41(43(55)50-44(18-19-44)33-11-5-3-6-12-33)38(42(49-39)32-10-9-13-34(26-32)45(46,47)48)29-51-22-16-35(17-23-51)52-20-7-4-8-21-52/h3,5-6,9-15,26-27,30-31,35H,4,7-8,16-25,28-29H2,1-2H3,(H,50,55). The lowest BCUT2D eigenvalue weighted by Crippen LogP contribution is -2.46. The number of benzene rings is 3. The first kappa shape index (κ1) is 37.6. The van der Waals surface area contributed by atoms with Crippen LogP contribution in [0.1, 0.15) is 98.7 Å². The first-order valence-corrected chi connectivity index (χ1v) is 20.3. The largest absolute Gasteiger partial charge is 0.416 e. The SMILES string of the molecule is CC(C)CC1CC(=O)N(c2ccc3nc(-c4cccc(C(F)(F)F)c4)c(CN4CCC(N5CCCCC5)CC4)c(C(=O)NC4(c5ccccc5)CC4)c3c2)C1. The van der Waals surface area contributed by atoms with Crippen molar-refractivity contribution in [2.75, 3.05) is 37.6 Å². The van der Waals surface area contributed by atoms with Gasteiger partial charge in [-0.1, -0.05) is 62.7 Å². The van der Waals surface area contributed by atoms with Gasteiger partial charge in [-0.3, -0.25) is 14.5 Å². The Labute approximate surface area is 322 Å². The maximum atomic E-state index is 15.1. The maximum Gasteiger partial charge on any atom is 0.416 e. The minimum atomic E-state index is -4.54.